The average Bonchev–Trinajstić information content (AvgIpc) is 3.16. The molecule has 0 saturated carbocycles. The molecule has 2 aromatic rings. The van der Waals surface area contributed by atoms with Gasteiger partial charge in [-0.15, -0.1) is 0 Å². The molecule has 3 N–H and O–H groups in total. The summed E-state index contributed by atoms with van der Waals surface area (Å²) >= 11 is 0. The van der Waals surface area contributed by atoms with Gasteiger partial charge in [0.05, 0.1) is 11.3 Å². The maximum Gasteiger partial charge on any atom is 0.319 e. The third-order valence-electron chi connectivity index (χ3n) is 4.41. The highest BCUT2D eigenvalue weighted by Gasteiger charge is 2.15. The average molecular weight is 366 g/mol. The van der Waals surface area contributed by atoms with E-state index in [1.165, 1.54) is 12.8 Å². The third kappa shape index (κ3) is 5.00. The lowest BCUT2D eigenvalue weighted by Crippen LogP contribution is -2.34. The van der Waals surface area contributed by atoms with Crippen molar-refractivity contribution in [1.82, 2.24) is 5.32 Å². The molecule has 27 heavy (non-hydrogen) atoms. The van der Waals surface area contributed by atoms with E-state index in [0.29, 0.717) is 11.3 Å². The number of carbonyl (C=O) groups excluding carboxylic acids is 2. The summed E-state index contributed by atoms with van der Waals surface area (Å²) in [5, 5.41) is 8.44. The van der Waals surface area contributed by atoms with E-state index in [-0.39, 0.29) is 18.0 Å². The molecule has 1 aliphatic rings. The standard InChI is InChI=1S/C21H26N4O2/c1-15(2)22-21(27)24-19-11-4-3-10-18(19)20(26)23-16-8-7-9-17(14-16)25-12-5-6-13-25/h3-4,7-11,14-15H,5-6,12-13H2,1-2H3,(H,23,26)(H2,22,24,27). The molecule has 0 aromatic heterocycles. The van der Waals surface area contributed by atoms with Crippen LogP contribution < -0.4 is 20.9 Å². The van der Waals surface area contributed by atoms with E-state index in [1.807, 2.05) is 32.0 Å². The zero-order chi connectivity index (χ0) is 19.2. The first-order chi connectivity index (χ1) is 13.0. The molecule has 3 rings (SSSR count). The molecular weight excluding hydrogens is 340 g/mol. The molecule has 0 atom stereocenters. The summed E-state index contributed by atoms with van der Waals surface area (Å²) in [4.78, 5) is 27.1. The Morgan fingerprint density at radius 3 is 2.44 bits per heavy atom. The van der Waals surface area contributed by atoms with Gasteiger partial charge in [0.1, 0.15) is 0 Å². The van der Waals surface area contributed by atoms with Crippen LogP contribution in [-0.2, 0) is 0 Å². The summed E-state index contributed by atoms with van der Waals surface area (Å²) in [5.41, 5.74) is 2.76. The maximum absolute atomic E-state index is 12.8. The van der Waals surface area contributed by atoms with Gasteiger partial charge in [0.15, 0.2) is 0 Å². The monoisotopic (exact) mass is 366 g/mol. The van der Waals surface area contributed by atoms with Crippen LogP contribution >= 0.6 is 0 Å². The topological polar surface area (TPSA) is 73.5 Å². The highest BCUT2D eigenvalue weighted by atomic mass is 16.2. The van der Waals surface area contributed by atoms with E-state index in [2.05, 4.69) is 26.9 Å². The Hall–Kier alpha value is -3.02. The number of hydrogen-bond donors (Lipinski definition) is 3. The number of benzene rings is 2. The Kier molecular flexibility index (Phi) is 5.96. The van der Waals surface area contributed by atoms with Gasteiger partial charge < -0.3 is 20.9 Å². The summed E-state index contributed by atoms with van der Waals surface area (Å²) in [6, 6.07) is 14.5. The Morgan fingerprint density at radius 1 is 0.963 bits per heavy atom. The maximum atomic E-state index is 12.8. The van der Waals surface area contributed by atoms with E-state index in [4.69, 9.17) is 0 Å². The molecule has 142 valence electrons. The molecular formula is C21H26N4O2. The van der Waals surface area contributed by atoms with Crippen molar-refractivity contribution in [3.63, 3.8) is 0 Å². The molecule has 6 nitrogen and oxygen atoms in total. The molecule has 6 heteroatoms. The van der Waals surface area contributed by atoms with E-state index in [1.54, 1.807) is 24.3 Å². The van der Waals surface area contributed by atoms with Crippen molar-refractivity contribution in [2.45, 2.75) is 32.7 Å². The Balaban J connectivity index is 1.73. The second-order valence-electron chi connectivity index (χ2n) is 7.00. The first-order valence-corrected chi connectivity index (χ1v) is 9.36. The van der Waals surface area contributed by atoms with E-state index >= 15 is 0 Å². The number of anilines is 3. The van der Waals surface area contributed by atoms with E-state index in [0.717, 1.165) is 24.5 Å². The lowest BCUT2D eigenvalue weighted by molar-refractivity contribution is 0.102. The van der Waals surface area contributed by atoms with Gasteiger partial charge in [-0.1, -0.05) is 18.2 Å². The molecule has 0 aliphatic carbocycles. The number of urea groups is 1. The van der Waals surface area contributed by atoms with Crippen LogP contribution in [0.3, 0.4) is 0 Å². The van der Waals surface area contributed by atoms with Gasteiger partial charge >= 0.3 is 6.03 Å². The van der Waals surface area contributed by atoms with Crippen LogP contribution in [0.5, 0.6) is 0 Å². The molecule has 1 saturated heterocycles. The molecule has 0 spiro atoms. The lowest BCUT2D eigenvalue weighted by Gasteiger charge is -2.18. The number of carbonyl (C=O) groups is 2. The fourth-order valence-electron chi connectivity index (χ4n) is 3.16. The van der Waals surface area contributed by atoms with Crippen LogP contribution in [-0.4, -0.2) is 31.1 Å². The van der Waals surface area contributed by atoms with Gasteiger partial charge in [0.2, 0.25) is 0 Å². The third-order valence-corrected chi connectivity index (χ3v) is 4.41. The van der Waals surface area contributed by atoms with Gasteiger partial charge in [0.25, 0.3) is 5.91 Å². The zero-order valence-corrected chi connectivity index (χ0v) is 15.8. The van der Waals surface area contributed by atoms with Crippen molar-refractivity contribution < 1.29 is 9.59 Å². The summed E-state index contributed by atoms with van der Waals surface area (Å²) in [7, 11) is 0. The summed E-state index contributed by atoms with van der Waals surface area (Å²) in [6.07, 6.45) is 2.40. The summed E-state index contributed by atoms with van der Waals surface area (Å²) < 4.78 is 0. The Morgan fingerprint density at radius 2 is 1.70 bits per heavy atom. The first-order valence-electron chi connectivity index (χ1n) is 9.36. The van der Waals surface area contributed by atoms with Crippen molar-refractivity contribution in [3.8, 4) is 0 Å². The summed E-state index contributed by atoms with van der Waals surface area (Å²) in [5.74, 6) is -0.256. The highest BCUT2D eigenvalue weighted by Crippen LogP contribution is 2.24. The largest absolute Gasteiger partial charge is 0.371 e. The van der Waals surface area contributed by atoms with Crippen LogP contribution in [0.4, 0.5) is 21.9 Å². The molecule has 3 amide bonds. The number of amides is 3. The van der Waals surface area contributed by atoms with Crippen molar-refractivity contribution in [3.05, 3.63) is 54.1 Å². The Labute approximate surface area is 159 Å². The normalized spacial score (nSPS) is 13.5. The van der Waals surface area contributed by atoms with Crippen LogP contribution in [0.15, 0.2) is 48.5 Å². The molecule has 0 unspecified atom stereocenters. The van der Waals surface area contributed by atoms with Crippen LogP contribution in [0.2, 0.25) is 0 Å². The molecule has 0 radical (unpaired) electrons. The molecule has 1 heterocycles. The number of rotatable bonds is 5. The van der Waals surface area contributed by atoms with Crippen molar-refractivity contribution >= 4 is 29.0 Å². The molecule has 1 aliphatic heterocycles. The minimum Gasteiger partial charge on any atom is -0.371 e. The number of nitrogens with one attached hydrogen (secondary N) is 3. The van der Waals surface area contributed by atoms with Crippen LogP contribution in [0.25, 0.3) is 0 Å². The molecule has 2 aromatic carbocycles. The van der Waals surface area contributed by atoms with Crippen LogP contribution in [0, 0.1) is 0 Å². The first kappa shape index (κ1) is 18.8. The predicted molar refractivity (Wildman–Crippen MR) is 110 cm³/mol. The van der Waals surface area contributed by atoms with E-state index < -0.39 is 0 Å². The highest BCUT2D eigenvalue weighted by molar-refractivity contribution is 6.10. The van der Waals surface area contributed by atoms with Crippen molar-refractivity contribution in [2.75, 3.05) is 28.6 Å². The van der Waals surface area contributed by atoms with Gasteiger partial charge in [0, 0.05) is 30.5 Å². The lowest BCUT2D eigenvalue weighted by atomic mass is 10.1. The SMILES string of the molecule is CC(C)NC(=O)Nc1ccccc1C(=O)Nc1cccc(N2CCCC2)c1. The van der Waals surface area contributed by atoms with Gasteiger partial charge in [-0.25, -0.2) is 4.79 Å². The number of hydrogen-bond acceptors (Lipinski definition) is 3. The van der Waals surface area contributed by atoms with Crippen molar-refractivity contribution in [2.24, 2.45) is 0 Å². The predicted octanol–water partition coefficient (Wildman–Crippen LogP) is 4.07. The van der Waals surface area contributed by atoms with Crippen LogP contribution in [0.1, 0.15) is 37.0 Å². The second kappa shape index (κ2) is 8.58. The Bertz CT molecular complexity index is 813. The number of para-hydroxylation sites is 1. The second-order valence-corrected chi connectivity index (χ2v) is 7.00. The number of nitrogens with zero attached hydrogens (tertiary/aromatic N) is 1. The van der Waals surface area contributed by atoms with Gasteiger partial charge in [-0.05, 0) is 57.0 Å². The smallest absolute Gasteiger partial charge is 0.319 e. The molecule has 0 bridgehead atoms. The fourth-order valence-corrected chi connectivity index (χ4v) is 3.16. The summed E-state index contributed by atoms with van der Waals surface area (Å²) in [6.45, 7) is 5.86. The quantitative estimate of drug-likeness (QED) is 0.747. The van der Waals surface area contributed by atoms with Crippen molar-refractivity contribution in [1.29, 1.82) is 0 Å². The van der Waals surface area contributed by atoms with E-state index in [9.17, 15) is 9.59 Å². The minimum atomic E-state index is -0.332. The van der Waals surface area contributed by atoms with Gasteiger partial charge in [-0.3, -0.25) is 4.79 Å². The minimum absolute atomic E-state index is 0.0133. The van der Waals surface area contributed by atoms with Gasteiger partial charge in [-0.2, -0.15) is 0 Å². The molecule has 1 fully saturated rings. The fraction of sp³-hybridized carbons (Fsp3) is 0.333. The zero-order valence-electron chi connectivity index (χ0n) is 15.8.